The second-order valence-electron chi connectivity index (χ2n) is 3.23. The number of halogens is 1. The largest absolute Gasteiger partial charge is 0.314 e. The molecule has 0 spiro atoms. The number of nitrogens with one attached hydrogen (secondary N) is 1. The lowest BCUT2D eigenvalue weighted by atomic mass is 10.4. The van der Waals surface area contributed by atoms with Crippen LogP contribution in [0.3, 0.4) is 0 Å². The Labute approximate surface area is 95.2 Å². The predicted octanol–water partition coefficient (Wildman–Crippen LogP) is 3.43. The van der Waals surface area contributed by atoms with Gasteiger partial charge >= 0.3 is 0 Å². The van der Waals surface area contributed by atoms with Crippen LogP contribution in [0, 0.1) is 0 Å². The zero-order valence-electron chi connectivity index (χ0n) is 8.59. The van der Waals surface area contributed by atoms with Crippen molar-refractivity contribution in [2.45, 2.75) is 24.8 Å². The lowest BCUT2D eigenvalue weighted by molar-refractivity contribution is 0.620. The minimum absolute atomic E-state index is 0.545. The minimum Gasteiger partial charge on any atom is -0.314 e. The summed E-state index contributed by atoms with van der Waals surface area (Å²) in [5.74, 6) is 1.08. The van der Waals surface area contributed by atoms with E-state index in [9.17, 15) is 0 Å². The fraction of sp³-hybridized carbons (Fsp3) is 0.455. The highest BCUT2D eigenvalue weighted by Gasteiger charge is 2.01. The van der Waals surface area contributed by atoms with E-state index in [1.54, 1.807) is 0 Å². The third-order valence-electron chi connectivity index (χ3n) is 1.85. The Morgan fingerprint density at radius 3 is 2.93 bits per heavy atom. The van der Waals surface area contributed by atoms with E-state index >= 15 is 0 Å². The van der Waals surface area contributed by atoms with Crippen molar-refractivity contribution in [3.05, 3.63) is 29.3 Å². The number of rotatable bonds is 5. The van der Waals surface area contributed by atoms with E-state index in [1.165, 1.54) is 4.90 Å². The Kier molecular flexibility index (Phi) is 5.38. The summed E-state index contributed by atoms with van der Waals surface area (Å²) in [7, 11) is 0. The van der Waals surface area contributed by atoms with Crippen molar-refractivity contribution in [3.63, 3.8) is 0 Å². The van der Waals surface area contributed by atoms with E-state index in [-0.39, 0.29) is 0 Å². The molecule has 0 bridgehead atoms. The van der Waals surface area contributed by atoms with E-state index in [2.05, 4.69) is 25.2 Å². The molecule has 0 aliphatic rings. The molecular weight excluding hydrogens is 214 g/mol. The maximum atomic E-state index is 5.89. The van der Waals surface area contributed by atoms with Gasteiger partial charge in [-0.15, -0.1) is 11.8 Å². The van der Waals surface area contributed by atoms with Gasteiger partial charge in [-0.2, -0.15) is 0 Å². The number of thioether (sulfide) groups is 1. The molecule has 0 saturated carbocycles. The standard InChI is InChI=1S/C11H16ClNS/c1-3-13-9(2)8-14-11-6-4-5-10(12)7-11/h4-7,9,13H,3,8H2,1-2H3. The van der Waals surface area contributed by atoms with Gasteiger partial charge < -0.3 is 5.32 Å². The highest BCUT2D eigenvalue weighted by Crippen LogP contribution is 2.21. The SMILES string of the molecule is CCNC(C)CSc1cccc(Cl)c1. The molecule has 0 fully saturated rings. The molecule has 1 unspecified atom stereocenters. The molecule has 0 aliphatic carbocycles. The summed E-state index contributed by atoms with van der Waals surface area (Å²) in [6, 6.07) is 8.53. The lowest BCUT2D eigenvalue weighted by Gasteiger charge is -2.11. The van der Waals surface area contributed by atoms with E-state index < -0.39 is 0 Å². The van der Waals surface area contributed by atoms with Crippen LogP contribution < -0.4 is 5.32 Å². The van der Waals surface area contributed by atoms with Gasteiger partial charge in [0.2, 0.25) is 0 Å². The fourth-order valence-corrected chi connectivity index (χ4v) is 2.39. The molecule has 0 amide bonds. The molecule has 1 N–H and O–H groups in total. The molecule has 1 nitrogen and oxygen atoms in total. The maximum absolute atomic E-state index is 5.89. The van der Waals surface area contributed by atoms with Crippen molar-refractivity contribution in [1.82, 2.24) is 5.32 Å². The first-order valence-corrected chi connectivity index (χ1v) is 6.20. The lowest BCUT2D eigenvalue weighted by Crippen LogP contribution is -2.27. The summed E-state index contributed by atoms with van der Waals surface area (Å²) in [5.41, 5.74) is 0. The Morgan fingerprint density at radius 2 is 2.29 bits per heavy atom. The van der Waals surface area contributed by atoms with Gasteiger partial charge in [0.25, 0.3) is 0 Å². The van der Waals surface area contributed by atoms with E-state index in [0.717, 1.165) is 17.3 Å². The monoisotopic (exact) mass is 229 g/mol. The number of hydrogen-bond acceptors (Lipinski definition) is 2. The van der Waals surface area contributed by atoms with E-state index in [4.69, 9.17) is 11.6 Å². The third-order valence-corrected chi connectivity index (χ3v) is 3.34. The van der Waals surface area contributed by atoms with Crippen molar-refractivity contribution in [2.75, 3.05) is 12.3 Å². The maximum Gasteiger partial charge on any atom is 0.0417 e. The van der Waals surface area contributed by atoms with Crippen LogP contribution in [0.25, 0.3) is 0 Å². The Hall–Kier alpha value is -0.180. The molecule has 0 aromatic heterocycles. The second-order valence-corrected chi connectivity index (χ2v) is 4.76. The first-order chi connectivity index (χ1) is 6.72. The summed E-state index contributed by atoms with van der Waals surface area (Å²) < 4.78 is 0. The molecule has 1 atom stereocenters. The smallest absolute Gasteiger partial charge is 0.0417 e. The molecule has 1 rings (SSSR count). The van der Waals surface area contributed by atoms with Gasteiger partial charge in [0, 0.05) is 21.7 Å². The summed E-state index contributed by atoms with van der Waals surface area (Å²) >= 11 is 7.73. The molecule has 0 saturated heterocycles. The quantitative estimate of drug-likeness (QED) is 0.777. The van der Waals surface area contributed by atoms with Crippen LogP contribution in [0.2, 0.25) is 5.02 Å². The van der Waals surface area contributed by atoms with Crippen LogP contribution in [0.5, 0.6) is 0 Å². The van der Waals surface area contributed by atoms with Crippen LogP contribution in [0.15, 0.2) is 29.2 Å². The van der Waals surface area contributed by atoms with Crippen molar-refractivity contribution in [1.29, 1.82) is 0 Å². The van der Waals surface area contributed by atoms with Crippen LogP contribution in [0.4, 0.5) is 0 Å². The first-order valence-electron chi connectivity index (χ1n) is 4.84. The van der Waals surface area contributed by atoms with Crippen LogP contribution in [0.1, 0.15) is 13.8 Å². The summed E-state index contributed by atoms with van der Waals surface area (Å²) in [6.45, 7) is 5.35. The first kappa shape index (κ1) is 11.9. The molecular formula is C11H16ClNS. The number of benzene rings is 1. The van der Waals surface area contributed by atoms with Crippen molar-refractivity contribution >= 4 is 23.4 Å². The minimum atomic E-state index is 0.545. The van der Waals surface area contributed by atoms with Crippen molar-refractivity contribution < 1.29 is 0 Å². The summed E-state index contributed by atoms with van der Waals surface area (Å²) in [4.78, 5) is 1.24. The normalized spacial score (nSPS) is 12.8. The summed E-state index contributed by atoms with van der Waals surface area (Å²) in [5, 5.41) is 4.19. The molecule has 3 heteroatoms. The second kappa shape index (κ2) is 6.33. The van der Waals surface area contributed by atoms with Gasteiger partial charge in [0.05, 0.1) is 0 Å². The molecule has 14 heavy (non-hydrogen) atoms. The topological polar surface area (TPSA) is 12.0 Å². The fourth-order valence-electron chi connectivity index (χ4n) is 1.19. The third kappa shape index (κ3) is 4.36. The molecule has 0 radical (unpaired) electrons. The average molecular weight is 230 g/mol. The van der Waals surface area contributed by atoms with Gasteiger partial charge in [-0.1, -0.05) is 24.6 Å². The van der Waals surface area contributed by atoms with Gasteiger partial charge in [-0.05, 0) is 31.7 Å². The van der Waals surface area contributed by atoms with Gasteiger partial charge in [-0.3, -0.25) is 0 Å². The van der Waals surface area contributed by atoms with Crippen LogP contribution in [-0.2, 0) is 0 Å². The zero-order valence-corrected chi connectivity index (χ0v) is 10.2. The van der Waals surface area contributed by atoms with E-state index in [0.29, 0.717) is 6.04 Å². The van der Waals surface area contributed by atoms with Gasteiger partial charge in [0.15, 0.2) is 0 Å². The van der Waals surface area contributed by atoms with Crippen LogP contribution in [-0.4, -0.2) is 18.3 Å². The zero-order chi connectivity index (χ0) is 10.4. The molecule has 1 aromatic carbocycles. The Morgan fingerprint density at radius 1 is 1.50 bits per heavy atom. The molecule has 0 heterocycles. The molecule has 0 aliphatic heterocycles. The Balaban J connectivity index is 2.37. The van der Waals surface area contributed by atoms with Crippen molar-refractivity contribution in [3.8, 4) is 0 Å². The molecule has 1 aromatic rings. The number of hydrogen-bond donors (Lipinski definition) is 1. The van der Waals surface area contributed by atoms with Gasteiger partial charge in [0.1, 0.15) is 0 Å². The molecule has 78 valence electrons. The highest BCUT2D eigenvalue weighted by atomic mass is 35.5. The van der Waals surface area contributed by atoms with Crippen LogP contribution >= 0.6 is 23.4 Å². The highest BCUT2D eigenvalue weighted by molar-refractivity contribution is 7.99. The summed E-state index contributed by atoms with van der Waals surface area (Å²) in [6.07, 6.45) is 0. The van der Waals surface area contributed by atoms with Gasteiger partial charge in [-0.25, -0.2) is 0 Å². The van der Waals surface area contributed by atoms with Crippen molar-refractivity contribution in [2.24, 2.45) is 0 Å². The average Bonchev–Trinajstić information content (AvgIpc) is 2.15. The van der Waals surface area contributed by atoms with E-state index in [1.807, 2.05) is 30.0 Å². The predicted molar refractivity (Wildman–Crippen MR) is 65.3 cm³/mol. The Bertz CT molecular complexity index is 278.